The Labute approximate surface area is 267 Å². The topological polar surface area (TPSA) is 198 Å². The molecule has 238 valence electrons. The van der Waals surface area contributed by atoms with E-state index in [-0.39, 0.29) is 46.6 Å². The van der Waals surface area contributed by atoms with E-state index >= 15 is 0 Å². The van der Waals surface area contributed by atoms with E-state index in [9.17, 15) is 34.2 Å². The average Bonchev–Trinajstić information content (AvgIpc) is 3.06. The van der Waals surface area contributed by atoms with E-state index < -0.39 is 29.6 Å². The number of ketones is 1. The van der Waals surface area contributed by atoms with Crippen molar-refractivity contribution in [3.63, 3.8) is 0 Å². The first-order valence-electron chi connectivity index (χ1n) is 13.8. The summed E-state index contributed by atoms with van der Waals surface area (Å²) in [5.74, 6) is -1.88. The molecule has 47 heavy (non-hydrogen) atoms. The van der Waals surface area contributed by atoms with Crippen molar-refractivity contribution in [3.8, 4) is 23.5 Å². The Morgan fingerprint density at radius 1 is 0.723 bits per heavy atom. The molecule has 0 atom stereocenters. The molecule has 0 saturated carbocycles. The van der Waals surface area contributed by atoms with Gasteiger partial charge in [0.1, 0.15) is 24.2 Å². The monoisotopic (exact) mass is 638 g/mol. The molecule has 0 unspecified atom stereocenters. The van der Waals surface area contributed by atoms with E-state index in [0.717, 1.165) is 12.1 Å². The molecule has 0 fully saturated rings. The van der Waals surface area contributed by atoms with E-state index in [0.29, 0.717) is 22.9 Å². The highest BCUT2D eigenvalue weighted by Gasteiger charge is 2.19. The number of carboxylic acids is 2. The fourth-order valence-corrected chi connectivity index (χ4v) is 4.17. The normalized spacial score (nSPS) is 10.1. The molecule has 0 bridgehead atoms. The summed E-state index contributed by atoms with van der Waals surface area (Å²) >= 11 is 0. The van der Waals surface area contributed by atoms with E-state index in [4.69, 9.17) is 19.4 Å². The van der Waals surface area contributed by atoms with Crippen molar-refractivity contribution < 1.29 is 53.6 Å². The number of amides is 1. The fraction of sp³-hybridized carbons (Fsp3) is 0.0882. The Morgan fingerprint density at radius 3 is 1.91 bits per heavy atom. The molecule has 0 aromatic heterocycles. The third kappa shape index (κ3) is 8.72. The number of anilines is 2. The van der Waals surface area contributed by atoms with Crippen LogP contribution in [0.5, 0.6) is 11.5 Å². The van der Waals surface area contributed by atoms with Gasteiger partial charge in [-0.05, 0) is 97.4 Å². The number of rotatable bonds is 13. The van der Waals surface area contributed by atoms with Crippen molar-refractivity contribution in [2.45, 2.75) is 13.5 Å². The molecule has 4 aromatic rings. The molecule has 1 amide bonds. The minimum atomic E-state index is -1.37. The Bertz CT molecular complexity index is 1890. The van der Waals surface area contributed by atoms with Crippen molar-refractivity contribution in [1.82, 2.24) is 0 Å². The summed E-state index contributed by atoms with van der Waals surface area (Å²) in [4.78, 5) is 65.6. The number of hydrogen-bond acceptors (Lipinski definition) is 10. The smallest absolute Gasteiger partial charge is 0.338 e. The lowest BCUT2D eigenvalue weighted by molar-refractivity contribution is 0.0523. The first-order valence-corrected chi connectivity index (χ1v) is 13.8. The number of nitrogens with one attached hydrogen (secondary N) is 2. The Hall–Kier alpha value is -6.65. The summed E-state index contributed by atoms with van der Waals surface area (Å²) in [6, 6.07) is 20.3. The zero-order valence-electron chi connectivity index (χ0n) is 24.6. The number of hydrogen-bond donors (Lipinski definition) is 5. The highest BCUT2D eigenvalue weighted by atomic mass is 16.6. The maximum atomic E-state index is 12.9. The third-order valence-electron chi connectivity index (χ3n) is 6.39. The van der Waals surface area contributed by atoms with Crippen LogP contribution in [0.25, 0.3) is 0 Å². The van der Waals surface area contributed by atoms with Gasteiger partial charge in [-0.2, -0.15) is 0 Å². The number of carbonyl (C=O) groups excluding carboxylic acids is 3. The van der Waals surface area contributed by atoms with Gasteiger partial charge in [-0.25, -0.2) is 14.4 Å². The lowest BCUT2D eigenvalue weighted by atomic mass is 10.0. The second-order valence-electron chi connectivity index (χ2n) is 9.52. The molecule has 0 saturated heterocycles. The van der Waals surface area contributed by atoms with Crippen molar-refractivity contribution in [2.75, 3.05) is 17.4 Å². The summed E-state index contributed by atoms with van der Waals surface area (Å²) < 4.78 is 10.8. The number of Topliss-reactive ketones (excluding diaryl/α,β-unsaturated/α-hetero) is 1. The number of carboxylic acid groups (broad SMARTS) is 2. The van der Waals surface area contributed by atoms with Gasteiger partial charge in [-0.15, -0.1) is 0 Å². The molecule has 0 spiro atoms. The SMILES string of the molecule is CCOC(=O)c1ccc(C(=O)O)c(CONc2ccc(Oc3ccc(NC(=O)c4cc(C(=O)C#CO)ccc4C(=O)O)cc3)cc2)c1. The predicted octanol–water partition coefficient (Wildman–Crippen LogP) is 5.36. The van der Waals surface area contributed by atoms with Crippen LogP contribution in [-0.2, 0) is 16.2 Å². The van der Waals surface area contributed by atoms with Crippen LogP contribution >= 0.6 is 0 Å². The summed E-state index contributed by atoms with van der Waals surface area (Å²) in [5.41, 5.74) is 3.36. The van der Waals surface area contributed by atoms with Gasteiger partial charge in [0.2, 0.25) is 5.78 Å². The van der Waals surface area contributed by atoms with Gasteiger partial charge in [0.25, 0.3) is 5.91 Å². The van der Waals surface area contributed by atoms with E-state index in [2.05, 4.69) is 10.8 Å². The summed E-state index contributed by atoms with van der Waals surface area (Å²) in [7, 11) is 0. The molecule has 13 heteroatoms. The molecule has 0 aliphatic rings. The minimum absolute atomic E-state index is 0.0190. The van der Waals surface area contributed by atoms with Gasteiger partial charge in [0.15, 0.2) is 0 Å². The van der Waals surface area contributed by atoms with Gasteiger partial charge < -0.3 is 30.1 Å². The molecule has 5 N–H and O–H groups in total. The largest absolute Gasteiger partial charge is 0.478 e. The highest BCUT2D eigenvalue weighted by Crippen LogP contribution is 2.25. The van der Waals surface area contributed by atoms with E-state index in [1.807, 2.05) is 5.92 Å². The molecule has 4 aromatic carbocycles. The Balaban J connectivity index is 1.35. The van der Waals surface area contributed by atoms with Gasteiger partial charge >= 0.3 is 17.9 Å². The first-order chi connectivity index (χ1) is 22.6. The zero-order valence-corrected chi connectivity index (χ0v) is 24.6. The third-order valence-corrected chi connectivity index (χ3v) is 6.39. The van der Waals surface area contributed by atoms with Crippen LogP contribution in [0.1, 0.15) is 64.3 Å². The van der Waals surface area contributed by atoms with Crippen LogP contribution in [0, 0.1) is 12.0 Å². The molecule has 13 nitrogen and oxygen atoms in total. The van der Waals surface area contributed by atoms with Crippen LogP contribution in [-0.4, -0.2) is 51.5 Å². The summed E-state index contributed by atoms with van der Waals surface area (Å²) in [6.07, 6.45) is 1.48. The first kappa shape index (κ1) is 33.2. The van der Waals surface area contributed by atoms with Crippen LogP contribution < -0.4 is 15.5 Å². The average molecular weight is 639 g/mol. The van der Waals surface area contributed by atoms with E-state index in [1.165, 1.54) is 42.5 Å². The molecule has 0 aliphatic heterocycles. The Kier molecular flexibility index (Phi) is 10.9. The standard InChI is InChI=1S/C34H26N2O11/c1-2-45-34(44)21-4-13-27(32(40)41)22(17-21)19-46-36-24-7-11-26(12-8-24)47-25-9-5-23(6-10-25)35-31(39)29-18-20(30(38)15-16-37)3-14-28(29)33(42)43/h3-14,17-18,36-37H,2,19H2,1H3,(H,35,39)(H,40,41)(H,42,43). The van der Waals surface area contributed by atoms with Gasteiger partial charge in [0.05, 0.1) is 34.5 Å². The zero-order chi connectivity index (χ0) is 33.9. The van der Waals surface area contributed by atoms with Gasteiger partial charge in [-0.1, -0.05) is 0 Å². The quantitative estimate of drug-likeness (QED) is 0.0544. The number of carbonyl (C=O) groups is 5. The fourth-order valence-electron chi connectivity index (χ4n) is 4.17. The summed E-state index contributed by atoms with van der Waals surface area (Å²) in [5, 5.41) is 30.2. The van der Waals surface area contributed by atoms with Crippen LogP contribution in [0.3, 0.4) is 0 Å². The maximum absolute atomic E-state index is 12.9. The predicted molar refractivity (Wildman–Crippen MR) is 166 cm³/mol. The number of ether oxygens (including phenoxy) is 2. The van der Waals surface area contributed by atoms with Crippen LogP contribution in [0.15, 0.2) is 84.9 Å². The van der Waals surface area contributed by atoms with Crippen LogP contribution in [0.4, 0.5) is 11.4 Å². The number of aliphatic hydroxyl groups excluding tert-OH is 1. The van der Waals surface area contributed by atoms with Crippen molar-refractivity contribution >= 4 is 41.0 Å². The number of benzene rings is 4. The number of aliphatic hydroxyl groups is 1. The van der Waals surface area contributed by atoms with Gasteiger partial charge in [0, 0.05) is 17.2 Å². The molecule has 4 rings (SSSR count). The van der Waals surface area contributed by atoms with Crippen LogP contribution in [0.2, 0.25) is 0 Å². The minimum Gasteiger partial charge on any atom is -0.478 e. The van der Waals surface area contributed by atoms with Gasteiger partial charge in [-0.3, -0.25) is 19.9 Å². The maximum Gasteiger partial charge on any atom is 0.338 e. The van der Waals surface area contributed by atoms with E-state index in [1.54, 1.807) is 43.3 Å². The molecule has 0 radical (unpaired) electrons. The number of esters is 1. The highest BCUT2D eigenvalue weighted by molar-refractivity contribution is 6.14. The second-order valence-corrected chi connectivity index (χ2v) is 9.52. The van der Waals surface area contributed by atoms with Crippen molar-refractivity contribution in [1.29, 1.82) is 0 Å². The van der Waals surface area contributed by atoms with Crippen molar-refractivity contribution in [2.24, 2.45) is 0 Å². The lowest BCUT2D eigenvalue weighted by Crippen LogP contribution is -2.17. The molecule has 0 aliphatic carbocycles. The Morgan fingerprint density at radius 2 is 1.32 bits per heavy atom. The van der Waals surface area contributed by atoms with Crippen molar-refractivity contribution in [3.05, 3.63) is 118 Å². The number of aromatic carboxylic acids is 2. The molecular weight excluding hydrogens is 612 g/mol. The lowest BCUT2D eigenvalue weighted by Gasteiger charge is -2.12. The molecular formula is C34H26N2O11. The summed E-state index contributed by atoms with van der Waals surface area (Å²) in [6.45, 7) is 1.69. The second kappa shape index (κ2) is 15.4. The molecule has 0 heterocycles.